The van der Waals surface area contributed by atoms with E-state index in [1.807, 2.05) is 0 Å². The first-order valence-corrected chi connectivity index (χ1v) is 12.5. The first-order valence-electron chi connectivity index (χ1n) is 10.9. The maximum Gasteiger partial charge on any atom is 0.298 e. The minimum Gasteiger partial charge on any atom is -0.490 e. The third-order valence-corrected chi connectivity index (χ3v) is 6.39. The van der Waals surface area contributed by atoms with Crippen molar-refractivity contribution in [2.45, 2.75) is 6.92 Å². The molecule has 0 aliphatic carbocycles. The predicted molar refractivity (Wildman–Crippen MR) is 143 cm³/mol. The molecule has 1 saturated heterocycles. The van der Waals surface area contributed by atoms with Crippen LogP contribution in [0.3, 0.4) is 0 Å². The second kappa shape index (κ2) is 11.7. The van der Waals surface area contributed by atoms with Crippen molar-refractivity contribution in [1.29, 1.82) is 0 Å². The maximum absolute atomic E-state index is 13.1. The Kier molecular flexibility index (Phi) is 8.38. The van der Waals surface area contributed by atoms with Crippen LogP contribution in [0, 0.1) is 5.82 Å². The summed E-state index contributed by atoms with van der Waals surface area (Å²) in [4.78, 5) is 39.0. The molecule has 0 atom stereocenters. The Morgan fingerprint density at radius 1 is 1.05 bits per heavy atom. The van der Waals surface area contributed by atoms with Gasteiger partial charge >= 0.3 is 0 Å². The number of hydrogen-bond donors (Lipinski definition) is 1. The Balaban J connectivity index is 1.51. The van der Waals surface area contributed by atoms with Gasteiger partial charge in [-0.3, -0.25) is 14.4 Å². The molecule has 4 rings (SSSR count). The number of imide groups is 1. The molecule has 0 radical (unpaired) electrons. The van der Waals surface area contributed by atoms with Crippen LogP contribution in [-0.2, 0) is 9.59 Å². The van der Waals surface area contributed by atoms with E-state index in [4.69, 9.17) is 32.7 Å². The van der Waals surface area contributed by atoms with E-state index in [1.54, 1.807) is 37.3 Å². The van der Waals surface area contributed by atoms with E-state index < -0.39 is 22.9 Å². The molecule has 3 amide bonds. The Morgan fingerprint density at radius 3 is 2.43 bits per heavy atom. The number of carbonyl (C=O) groups excluding carboxylic acids is 3. The number of benzene rings is 3. The number of halogens is 3. The van der Waals surface area contributed by atoms with Crippen molar-refractivity contribution in [1.82, 2.24) is 0 Å². The van der Waals surface area contributed by atoms with Crippen molar-refractivity contribution in [3.63, 3.8) is 0 Å². The Labute approximate surface area is 226 Å². The summed E-state index contributed by atoms with van der Waals surface area (Å²) in [5.41, 5.74) is 1.32. The molecular formula is C26H19Cl2FN2O5S. The van der Waals surface area contributed by atoms with E-state index in [2.05, 4.69) is 5.32 Å². The number of nitrogens with zero attached hydrogens (tertiary/aromatic N) is 1. The molecule has 0 bridgehead atoms. The summed E-state index contributed by atoms with van der Waals surface area (Å²) < 4.78 is 24.3. The average Bonchev–Trinajstić information content (AvgIpc) is 3.13. The third kappa shape index (κ3) is 6.43. The average molecular weight is 561 g/mol. The number of anilines is 2. The van der Waals surface area contributed by atoms with Crippen LogP contribution in [0.15, 0.2) is 65.6 Å². The summed E-state index contributed by atoms with van der Waals surface area (Å²) in [6.07, 6.45) is 1.53. The molecule has 3 aromatic carbocycles. The summed E-state index contributed by atoms with van der Waals surface area (Å²) in [7, 11) is 0. The van der Waals surface area contributed by atoms with Crippen LogP contribution in [-0.4, -0.2) is 30.3 Å². The minimum atomic E-state index is -0.482. The lowest BCUT2D eigenvalue weighted by molar-refractivity contribution is -0.118. The molecule has 1 N–H and O–H groups in total. The molecule has 0 saturated carbocycles. The highest BCUT2D eigenvalue weighted by atomic mass is 35.5. The Hall–Kier alpha value is -3.53. The summed E-state index contributed by atoms with van der Waals surface area (Å²) in [5, 5.41) is 2.78. The molecular weight excluding hydrogens is 542 g/mol. The second-order valence-electron chi connectivity index (χ2n) is 7.60. The van der Waals surface area contributed by atoms with Gasteiger partial charge in [-0.05, 0) is 91.0 Å². The van der Waals surface area contributed by atoms with Gasteiger partial charge in [-0.25, -0.2) is 9.29 Å². The zero-order chi connectivity index (χ0) is 26.5. The molecule has 190 valence electrons. The highest BCUT2D eigenvalue weighted by Crippen LogP contribution is 2.40. The quantitative estimate of drug-likeness (QED) is 0.305. The normalized spacial score (nSPS) is 14.3. The van der Waals surface area contributed by atoms with E-state index in [9.17, 15) is 18.8 Å². The van der Waals surface area contributed by atoms with Crippen LogP contribution in [0.2, 0.25) is 10.0 Å². The molecule has 1 aliphatic rings. The Morgan fingerprint density at radius 2 is 1.76 bits per heavy atom. The molecule has 1 aliphatic heterocycles. The highest BCUT2D eigenvalue weighted by molar-refractivity contribution is 8.19. The smallest absolute Gasteiger partial charge is 0.298 e. The number of ether oxygens (including phenoxy) is 2. The van der Waals surface area contributed by atoms with Crippen molar-refractivity contribution in [3.05, 3.63) is 87.0 Å². The molecule has 0 spiro atoms. The van der Waals surface area contributed by atoms with Gasteiger partial charge in [-0.15, -0.1) is 0 Å². The lowest BCUT2D eigenvalue weighted by Gasteiger charge is -2.15. The molecule has 0 unspecified atom stereocenters. The standard InChI is InChI=1S/C26H19Cl2FN2O5S/c1-2-35-21-12-15(13-22-25(33)31(26(34)37-22)19-9-3-16(27)4-10-19)11-20(28)24(21)36-14-23(32)30-18-7-5-17(29)6-8-18/h3-13H,2,14H2,1H3,(H,30,32)/b22-13+. The summed E-state index contributed by atoms with van der Waals surface area (Å²) >= 11 is 13.1. The molecule has 1 heterocycles. The number of amides is 3. The van der Waals surface area contributed by atoms with Gasteiger partial charge in [0.1, 0.15) is 5.82 Å². The van der Waals surface area contributed by atoms with Crippen molar-refractivity contribution >= 4 is 69.5 Å². The first-order chi connectivity index (χ1) is 17.7. The second-order valence-corrected chi connectivity index (χ2v) is 9.44. The van der Waals surface area contributed by atoms with Crippen LogP contribution in [0.1, 0.15) is 12.5 Å². The zero-order valence-corrected chi connectivity index (χ0v) is 21.6. The van der Waals surface area contributed by atoms with E-state index >= 15 is 0 Å². The third-order valence-electron chi connectivity index (χ3n) is 4.98. The molecule has 7 nitrogen and oxygen atoms in total. The van der Waals surface area contributed by atoms with Crippen LogP contribution >= 0.6 is 35.0 Å². The number of rotatable bonds is 8. The van der Waals surface area contributed by atoms with Crippen molar-refractivity contribution in [3.8, 4) is 11.5 Å². The lowest BCUT2D eigenvalue weighted by Crippen LogP contribution is -2.27. The first kappa shape index (κ1) is 26.5. The van der Waals surface area contributed by atoms with E-state index in [-0.39, 0.29) is 34.6 Å². The summed E-state index contributed by atoms with van der Waals surface area (Å²) in [5.74, 6) is -0.983. The van der Waals surface area contributed by atoms with Crippen LogP contribution in [0.5, 0.6) is 11.5 Å². The van der Waals surface area contributed by atoms with E-state index in [1.165, 1.54) is 36.4 Å². The fourth-order valence-electron chi connectivity index (χ4n) is 3.37. The summed E-state index contributed by atoms with van der Waals surface area (Å²) in [6.45, 7) is 1.67. The molecule has 37 heavy (non-hydrogen) atoms. The number of nitrogens with one attached hydrogen (secondary N) is 1. The highest BCUT2D eigenvalue weighted by Gasteiger charge is 2.36. The largest absolute Gasteiger partial charge is 0.490 e. The zero-order valence-electron chi connectivity index (χ0n) is 19.3. The van der Waals surface area contributed by atoms with Crippen molar-refractivity contribution in [2.24, 2.45) is 0 Å². The fourth-order valence-corrected chi connectivity index (χ4v) is 4.62. The van der Waals surface area contributed by atoms with Gasteiger partial charge < -0.3 is 14.8 Å². The topological polar surface area (TPSA) is 84.9 Å². The van der Waals surface area contributed by atoms with Crippen LogP contribution in [0.25, 0.3) is 6.08 Å². The molecule has 11 heteroatoms. The molecule has 3 aromatic rings. The SMILES string of the molecule is CCOc1cc(/C=C2/SC(=O)N(c3ccc(Cl)cc3)C2=O)cc(Cl)c1OCC(=O)Nc1ccc(F)cc1. The van der Waals surface area contributed by atoms with Gasteiger partial charge in [0.05, 0.1) is 22.2 Å². The summed E-state index contributed by atoms with van der Waals surface area (Å²) in [6, 6.07) is 14.8. The monoisotopic (exact) mass is 560 g/mol. The fraction of sp³-hybridized carbons (Fsp3) is 0.115. The minimum absolute atomic E-state index is 0.142. The van der Waals surface area contributed by atoms with Gasteiger partial charge in [-0.2, -0.15) is 0 Å². The van der Waals surface area contributed by atoms with Gasteiger partial charge in [0.2, 0.25) is 0 Å². The van der Waals surface area contributed by atoms with Crippen LogP contribution < -0.4 is 19.7 Å². The Bertz CT molecular complexity index is 1380. The lowest BCUT2D eigenvalue weighted by atomic mass is 10.1. The van der Waals surface area contributed by atoms with Gasteiger partial charge in [0.25, 0.3) is 17.1 Å². The van der Waals surface area contributed by atoms with Gasteiger partial charge in [0, 0.05) is 10.7 Å². The van der Waals surface area contributed by atoms with E-state index in [0.717, 1.165) is 16.7 Å². The number of thioether (sulfide) groups is 1. The van der Waals surface area contributed by atoms with Crippen molar-refractivity contribution < 1.29 is 28.2 Å². The van der Waals surface area contributed by atoms with E-state index in [0.29, 0.717) is 22.0 Å². The maximum atomic E-state index is 13.1. The molecule has 1 fully saturated rings. The van der Waals surface area contributed by atoms with Gasteiger partial charge in [0.15, 0.2) is 18.1 Å². The number of carbonyl (C=O) groups is 3. The van der Waals surface area contributed by atoms with Gasteiger partial charge in [-0.1, -0.05) is 23.2 Å². The number of hydrogen-bond acceptors (Lipinski definition) is 6. The van der Waals surface area contributed by atoms with Crippen molar-refractivity contribution in [2.75, 3.05) is 23.4 Å². The van der Waals surface area contributed by atoms with Crippen LogP contribution in [0.4, 0.5) is 20.6 Å². The molecule has 0 aromatic heterocycles. The predicted octanol–water partition coefficient (Wildman–Crippen LogP) is 6.79.